The molecule has 0 atom stereocenters. The fraction of sp³-hybridized carbons (Fsp3) is 0.350. The van der Waals surface area contributed by atoms with E-state index in [0.29, 0.717) is 36.6 Å². The highest BCUT2D eigenvalue weighted by Gasteiger charge is 2.44. The average molecular weight is 441 g/mol. The lowest BCUT2D eigenvalue weighted by Crippen LogP contribution is -2.51. The first kappa shape index (κ1) is 21.1. The van der Waals surface area contributed by atoms with Crippen molar-refractivity contribution in [1.82, 2.24) is 4.31 Å². The molecule has 28 heavy (non-hydrogen) atoms. The lowest BCUT2D eigenvalue weighted by molar-refractivity contribution is -0.123. The first-order valence-corrected chi connectivity index (χ1v) is 11.5. The number of carbonyl (C=O) groups is 1. The van der Waals surface area contributed by atoms with Crippen molar-refractivity contribution in [3.8, 4) is 0 Å². The van der Waals surface area contributed by atoms with Gasteiger partial charge in [0.25, 0.3) is 0 Å². The van der Waals surface area contributed by atoms with Crippen LogP contribution in [-0.2, 0) is 20.2 Å². The van der Waals surface area contributed by atoms with Crippen LogP contribution in [-0.4, -0.2) is 37.5 Å². The van der Waals surface area contributed by atoms with Gasteiger partial charge in [-0.25, -0.2) is 12.7 Å². The Bertz CT molecular complexity index is 957. The summed E-state index contributed by atoms with van der Waals surface area (Å²) in [6.45, 7) is 2.21. The molecule has 1 aliphatic heterocycles. The topological polar surface area (TPSA) is 66.5 Å². The third kappa shape index (κ3) is 4.06. The number of hydrogen-bond acceptors (Lipinski definition) is 3. The van der Waals surface area contributed by atoms with Gasteiger partial charge in [0.05, 0.1) is 26.9 Å². The molecule has 2 aromatic carbocycles. The molecular formula is C20H22Cl2N2O3S. The van der Waals surface area contributed by atoms with Crippen molar-refractivity contribution in [2.45, 2.75) is 25.2 Å². The van der Waals surface area contributed by atoms with Crippen LogP contribution in [0.25, 0.3) is 0 Å². The second-order valence-electron chi connectivity index (χ2n) is 6.80. The molecule has 0 radical (unpaired) electrons. The number of amides is 1. The van der Waals surface area contributed by atoms with Gasteiger partial charge in [-0.05, 0) is 37.5 Å². The van der Waals surface area contributed by atoms with Gasteiger partial charge in [-0.15, -0.1) is 0 Å². The number of halogens is 2. The molecule has 0 spiro atoms. The maximum atomic E-state index is 13.4. The molecule has 1 aliphatic rings. The number of sulfonamides is 1. The highest BCUT2D eigenvalue weighted by atomic mass is 35.5. The van der Waals surface area contributed by atoms with E-state index >= 15 is 0 Å². The van der Waals surface area contributed by atoms with E-state index in [1.807, 2.05) is 30.3 Å². The minimum absolute atomic E-state index is 0.0512. The van der Waals surface area contributed by atoms with Crippen LogP contribution in [0.5, 0.6) is 0 Å². The SMILES string of the molecule is CCS(=O)(=O)N1CCC(C(=O)Nc2cccc(Cl)c2Cl)(c2ccccc2)CC1. The number of carbonyl (C=O) groups excluding carboxylic acids is 1. The van der Waals surface area contributed by atoms with E-state index in [0.717, 1.165) is 5.56 Å². The Kier molecular flexibility index (Phi) is 6.34. The van der Waals surface area contributed by atoms with Gasteiger partial charge >= 0.3 is 0 Å². The van der Waals surface area contributed by atoms with Crippen molar-refractivity contribution in [2.75, 3.05) is 24.2 Å². The highest BCUT2D eigenvalue weighted by Crippen LogP contribution is 2.39. The molecule has 1 fully saturated rings. The number of nitrogens with zero attached hydrogens (tertiary/aromatic N) is 1. The summed E-state index contributed by atoms with van der Waals surface area (Å²) in [5.41, 5.74) is 0.462. The van der Waals surface area contributed by atoms with Crippen molar-refractivity contribution in [1.29, 1.82) is 0 Å². The van der Waals surface area contributed by atoms with Crippen molar-refractivity contribution < 1.29 is 13.2 Å². The molecule has 8 heteroatoms. The summed E-state index contributed by atoms with van der Waals surface area (Å²) < 4.78 is 25.9. The Morgan fingerprint density at radius 3 is 2.32 bits per heavy atom. The molecule has 3 rings (SSSR count). The Hall–Kier alpha value is -1.60. The standard InChI is InChI=1S/C20H22Cl2N2O3S/c1-2-28(26,27)24-13-11-20(12-14-24,15-7-4-3-5-8-15)19(25)23-17-10-6-9-16(21)18(17)22/h3-10H,2,11-14H2,1H3,(H,23,25). The Morgan fingerprint density at radius 2 is 1.71 bits per heavy atom. The van der Waals surface area contributed by atoms with Crippen molar-refractivity contribution in [3.63, 3.8) is 0 Å². The quantitative estimate of drug-likeness (QED) is 0.752. The van der Waals surface area contributed by atoms with E-state index < -0.39 is 15.4 Å². The zero-order valence-corrected chi connectivity index (χ0v) is 17.8. The summed E-state index contributed by atoms with van der Waals surface area (Å²) in [5, 5.41) is 3.55. The van der Waals surface area contributed by atoms with Gasteiger partial charge in [0.2, 0.25) is 15.9 Å². The van der Waals surface area contributed by atoms with Crippen LogP contribution in [0.3, 0.4) is 0 Å². The predicted molar refractivity (Wildman–Crippen MR) is 113 cm³/mol. The highest BCUT2D eigenvalue weighted by molar-refractivity contribution is 7.89. The number of rotatable bonds is 5. The summed E-state index contributed by atoms with van der Waals surface area (Å²) in [6.07, 6.45) is 0.778. The third-order valence-corrected chi connectivity index (χ3v) is 8.00. The molecule has 0 aromatic heterocycles. The van der Waals surface area contributed by atoms with Crippen molar-refractivity contribution in [3.05, 3.63) is 64.1 Å². The maximum absolute atomic E-state index is 13.4. The van der Waals surface area contributed by atoms with Gasteiger partial charge in [0, 0.05) is 13.1 Å². The second-order valence-corrected chi connectivity index (χ2v) is 9.85. The normalized spacial score (nSPS) is 17.2. The van der Waals surface area contributed by atoms with E-state index in [1.54, 1.807) is 25.1 Å². The lowest BCUT2D eigenvalue weighted by Gasteiger charge is -2.40. The molecule has 1 heterocycles. The molecule has 0 aliphatic carbocycles. The van der Waals surface area contributed by atoms with Gasteiger partial charge in [-0.2, -0.15) is 0 Å². The number of piperidine rings is 1. The molecule has 0 unspecified atom stereocenters. The lowest BCUT2D eigenvalue weighted by atomic mass is 9.72. The molecular weight excluding hydrogens is 419 g/mol. The first-order valence-electron chi connectivity index (χ1n) is 9.09. The van der Waals surface area contributed by atoms with Crippen LogP contribution < -0.4 is 5.32 Å². The zero-order valence-electron chi connectivity index (χ0n) is 15.5. The minimum Gasteiger partial charge on any atom is -0.324 e. The number of benzene rings is 2. The minimum atomic E-state index is -3.29. The van der Waals surface area contributed by atoms with E-state index in [2.05, 4.69) is 5.32 Å². The third-order valence-electron chi connectivity index (χ3n) is 5.29. The van der Waals surface area contributed by atoms with Crippen molar-refractivity contribution in [2.24, 2.45) is 0 Å². The van der Waals surface area contributed by atoms with Crippen LogP contribution >= 0.6 is 23.2 Å². The summed E-state index contributed by atoms with van der Waals surface area (Å²) in [6, 6.07) is 14.5. The molecule has 150 valence electrons. The van der Waals surface area contributed by atoms with Gasteiger partial charge in [-0.1, -0.05) is 59.6 Å². The van der Waals surface area contributed by atoms with E-state index in [1.165, 1.54) is 4.31 Å². The van der Waals surface area contributed by atoms with Gasteiger partial charge in [0.1, 0.15) is 0 Å². The van der Waals surface area contributed by atoms with E-state index in [9.17, 15) is 13.2 Å². The van der Waals surface area contributed by atoms with E-state index in [4.69, 9.17) is 23.2 Å². The van der Waals surface area contributed by atoms with Gasteiger partial charge in [0.15, 0.2) is 0 Å². The summed E-state index contributed by atoms with van der Waals surface area (Å²) in [7, 11) is -3.29. The summed E-state index contributed by atoms with van der Waals surface area (Å²) >= 11 is 12.3. The fourth-order valence-electron chi connectivity index (χ4n) is 3.57. The molecule has 5 nitrogen and oxygen atoms in total. The largest absolute Gasteiger partial charge is 0.324 e. The molecule has 1 N–H and O–H groups in total. The van der Waals surface area contributed by atoms with Gasteiger partial charge < -0.3 is 5.32 Å². The van der Waals surface area contributed by atoms with Gasteiger partial charge in [-0.3, -0.25) is 4.79 Å². The molecule has 0 bridgehead atoms. The first-order chi connectivity index (χ1) is 13.3. The smallest absolute Gasteiger partial charge is 0.235 e. The van der Waals surface area contributed by atoms with Crippen LogP contribution in [0.2, 0.25) is 10.0 Å². The molecule has 2 aromatic rings. The van der Waals surface area contributed by atoms with Crippen LogP contribution in [0.1, 0.15) is 25.3 Å². The van der Waals surface area contributed by atoms with Crippen LogP contribution in [0.4, 0.5) is 5.69 Å². The Morgan fingerprint density at radius 1 is 1.07 bits per heavy atom. The van der Waals surface area contributed by atoms with Crippen LogP contribution in [0, 0.1) is 0 Å². The van der Waals surface area contributed by atoms with E-state index in [-0.39, 0.29) is 16.7 Å². The Balaban J connectivity index is 1.93. The second kappa shape index (κ2) is 8.41. The fourth-order valence-corrected chi connectivity index (χ4v) is 5.03. The van der Waals surface area contributed by atoms with Crippen LogP contribution in [0.15, 0.2) is 48.5 Å². The van der Waals surface area contributed by atoms with Crippen molar-refractivity contribution >= 4 is 44.8 Å². The summed E-state index contributed by atoms with van der Waals surface area (Å²) in [5.74, 6) is -0.160. The summed E-state index contributed by atoms with van der Waals surface area (Å²) in [4.78, 5) is 13.4. The zero-order chi connectivity index (χ0) is 20.4. The Labute approximate surface area is 175 Å². The average Bonchev–Trinajstić information content (AvgIpc) is 2.72. The predicted octanol–water partition coefficient (Wildman–Crippen LogP) is 4.32. The number of nitrogens with one attached hydrogen (secondary N) is 1. The number of hydrogen-bond donors (Lipinski definition) is 1. The molecule has 1 amide bonds. The monoisotopic (exact) mass is 440 g/mol. The maximum Gasteiger partial charge on any atom is 0.235 e. The number of anilines is 1. The molecule has 1 saturated heterocycles. The molecule has 0 saturated carbocycles.